The number of hydrogen-bond donors (Lipinski definition) is 1. The highest BCUT2D eigenvalue weighted by Gasteiger charge is 2.22. The maximum Gasteiger partial charge on any atom is 0.151 e. The summed E-state index contributed by atoms with van der Waals surface area (Å²) in [6.45, 7) is 1.64. The molecule has 0 radical (unpaired) electrons. The van der Waals surface area contributed by atoms with Gasteiger partial charge in [-0.25, -0.2) is 8.42 Å². The van der Waals surface area contributed by atoms with E-state index in [1.165, 1.54) is 6.26 Å². The van der Waals surface area contributed by atoms with Crippen molar-refractivity contribution in [3.63, 3.8) is 0 Å². The van der Waals surface area contributed by atoms with Gasteiger partial charge in [0.2, 0.25) is 0 Å². The van der Waals surface area contributed by atoms with Crippen LogP contribution in [0.2, 0.25) is 0 Å². The Labute approximate surface area is 90.4 Å². The molecule has 2 N–H and O–H groups in total. The van der Waals surface area contributed by atoms with Crippen LogP contribution in [0.4, 0.5) is 0 Å². The highest BCUT2D eigenvalue weighted by atomic mass is 32.2. The lowest BCUT2D eigenvalue weighted by Crippen LogP contribution is -2.39. The van der Waals surface area contributed by atoms with Gasteiger partial charge in [-0.2, -0.15) is 0 Å². The number of hydrogen-bond acceptors (Lipinski definition) is 4. The Hall–Kier alpha value is -0.940. The van der Waals surface area contributed by atoms with Gasteiger partial charge in [0.1, 0.15) is 0 Å². The molecule has 0 saturated heterocycles. The quantitative estimate of drug-likeness (QED) is 0.808. The van der Waals surface area contributed by atoms with Gasteiger partial charge in [-0.15, -0.1) is 0 Å². The van der Waals surface area contributed by atoms with Crippen LogP contribution in [0, 0.1) is 0 Å². The van der Waals surface area contributed by atoms with E-state index in [1.54, 1.807) is 19.3 Å². The Morgan fingerprint density at radius 1 is 1.53 bits per heavy atom. The molecule has 0 bridgehead atoms. The molecule has 84 valence electrons. The Kier molecular flexibility index (Phi) is 3.82. The molecule has 1 rings (SSSR count). The molecule has 0 spiro atoms. The fourth-order valence-electron chi connectivity index (χ4n) is 1.27. The molecule has 0 fully saturated rings. The van der Waals surface area contributed by atoms with Crippen LogP contribution in [-0.4, -0.2) is 30.9 Å². The molecule has 0 amide bonds. The van der Waals surface area contributed by atoms with Gasteiger partial charge >= 0.3 is 0 Å². The van der Waals surface area contributed by atoms with Gasteiger partial charge in [0.05, 0.1) is 5.25 Å². The lowest BCUT2D eigenvalue weighted by atomic mass is 10.1. The first kappa shape index (κ1) is 12.1. The summed E-state index contributed by atoms with van der Waals surface area (Å²) in [6.07, 6.45) is 5.12. The van der Waals surface area contributed by atoms with Crippen molar-refractivity contribution in [1.82, 2.24) is 4.98 Å². The van der Waals surface area contributed by atoms with Gasteiger partial charge in [0.25, 0.3) is 0 Å². The second-order valence-corrected chi connectivity index (χ2v) is 6.17. The third-order valence-electron chi connectivity index (χ3n) is 2.47. The van der Waals surface area contributed by atoms with Crippen molar-refractivity contribution in [2.45, 2.75) is 24.6 Å². The molecule has 2 atom stereocenters. The predicted octanol–water partition coefficient (Wildman–Crippen LogP) is 0.385. The van der Waals surface area contributed by atoms with Crippen molar-refractivity contribution in [2.75, 3.05) is 6.26 Å². The lowest BCUT2D eigenvalue weighted by Gasteiger charge is -2.17. The van der Waals surface area contributed by atoms with E-state index < -0.39 is 15.1 Å². The molecule has 1 aromatic rings. The average molecular weight is 228 g/mol. The second-order valence-electron chi connectivity index (χ2n) is 3.76. The monoisotopic (exact) mass is 228 g/mol. The van der Waals surface area contributed by atoms with Crippen molar-refractivity contribution in [2.24, 2.45) is 5.73 Å². The molecule has 15 heavy (non-hydrogen) atoms. The maximum atomic E-state index is 11.3. The summed E-state index contributed by atoms with van der Waals surface area (Å²) in [5.41, 5.74) is 6.79. The highest BCUT2D eigenvalue weighted by molar-refractivity contribution is 7.91. The smallest absolute Gasteiger partial charge is 0.151 e. The minimum Gasteiger partial charge on any atom is -0.326 e. The first-order chi connectivity index (χ1) is 6.91. The third-order valence-corrected chi connectivity index (χ3v) is 4.17. The van der Waals surface area contributed by atoms with Crippen molar-refractivity contribution in [1.29, 1.82) is 0 Å². The Morgan fingerprint density at radius 3 is 2.67 bits per heavy atom. The molecular formula is C10H16N2O2S. The molecule has 0 saturated carbocycles. The predicted molar refractivity (Wildman–Crippen MR) is 60.2 cm³/mol. The lowest BCUT2D eigenvalue weighted by molar-refractivity contribution is 0.561. The summed E-state index contributed by atoms with van der Waals surface area (Å²) in [4.78, 5) is 3.95. The van der Waals surface area contributed by atoms with Crippen molar-refractivity contribution in [3.05, 3.63) is 30.1 Å². The van der Waals surface area contributed by atoms with Crippen LogP contribution >= 0.6 is 0 Å². The Bertz CT molecular complexity index is 403. The third kappa shape index (κ3) is 3.60. The summed E-state index contributed by atoms with van der Waals surface area (Å²) >= 11 is 0. The summed E-state index contributed by atoms with van der Waals surface area (Å²) < 4.78 is 22.5. The number of sulfone groups is 1. The van der Waals surface area contributed by atoms with Crippen molar-refractivity contribution >= 4 is 9.84 Å². The van der Waals surface area contributed by atoms with E-state index in [0.29, 0.717) is 6.42 Å². The molecule has 5 heteroatoms. The Morgan fingerprint density at radius 2 is 2.20 bits per heavy atom. The first-order valence-electron chi connectivity index (χ1n) is 4.74. The van der Waals surface area contributed by atoms with Crippen molar-refractivity contribution < 1.29 is 8.42 Å². The van der Waals surface area contributed by atoms with Crippen LogP contribution in [0.25, 0.3) is 0 Å². The van der Waals surface area contributed by atoms with Gasteiger partial charge in [-0.1, -0.05) is 6.07 Å². The van der Waals surface area contributed by atoms with Gasteiger partial charge in [-0.05, 0) is 25.0 Å². The molecule has 0 aliphatic heterocycles. The number of nitrogens with zero attached hydrogens (tertiary/aromatic N) is 1. The van der Waals surface area contributed by atoms with Crippen LogP contribution in [0.3, 0.4) is 0 Å². The molecule has 0 aliphatic rings. The van der Waals surface area contributed by atoms with Gasteiger partial charge in [0.15, 0.2) is 9.84 Å². The molecule has 0 aromatic carbocycles. The zero-order valence-corrected chi connectivity index (χ0v) is 9.74. The summed E-state index contributed by atoms with van der Waals surface area (Å²) in [6, 6.07) is 3.32. The number of aromatic nitrogens is 1. The number of pyridine rings is 1. The standard InChI is InChI=1S/C10H16N2O2S/c1-8(15(2,13)14)10(11)6-9-4-3-5-12-7-9/h3-5,7-8,10H,6,11H2,1-2H3. The molecule has 1 heterocycles. The van der Waals surface area contributed by atoms with E-state index in [2.05, 4.69) is 4.98 Å². The normalized spacial score (nSPS) is 15.9. The fraction of sp³-hybridized carbons (Fsp3) is 0.500. The average Bonchev–Trinajstić information content (AvgIpc) is 2.16. The van der Waals surface area contributed by atoms with Crippen LogP contribution in [0.15, 0.2) is 24.5 Å². The minimum absolute atomic E-state index is 0.385. The minimum atomic E-state index is -3.07. The number of rotatable bonds is 4. The van der Waals surface area contributed by atoms with Gasteiger partial charge in [0, 0.05) is 24.7 Å². The van der Waals surface area contributed by atoms with E-state index in [4.69, 9.17) is 5.73 Å². The van der Waals surface area contributed by atoms with Crippen molar-refractivity contribution in [3.8, 4) is 0 Å². The zero-order valence-electron chi connectivity index (χ0n) is 8.92. The van der Waals surface area contributed by atoms with E-state index in [-0.39, 0.29) is 6.04 Å². The molecule has 1 aromatic heterocycles. The molecular weight excluding hydrogens is 212 g/mol. The fourth-order valence-corrected chi connectivity index (χ4v) is 2.01. The highest BCUT2D eigenvalue weighted by Crippen LogP contribution is 2.08. The van der Waals surface area contributed by atoms with Gasteiger partial charge in [-0.3, -0.25) is 4.98 Å². The van der Waals surface area contributed by atoms with E-state index >= 15 is 0 Å². The maximum absolute atomic E-state index is 11.3. The van der Waals surface area contributed by atoms with E-state index in [0.717, 1.165) is 5.56 Å². The SMILES string of the molecule is CC(C(N)Cc1cccnc1)S(C)(=O)=O. The van der Waals surface area contributed by atoms with Gasteiger partial charge < -0.3 is 5.73 Å². The topological polar surface area (TPSA) is 73.0 Å². The number of nitrogens with two attached hydrogens (primary N) is 1. The largest absolute Gasteiger partial charge is 0.326 e. The zero-order chi connectivity index (χ0) is 11.5. The Balaban J connectivity index is 2.68. The molecule has 4 nitrogen and oxygen atoms in total. The summed E-state index contributed by atoms with van der Waals surface area (Å²) in [5, 5.41) is -0.530. The van der Waals surface area contributed by atoms with E-state index in [1.807, 2.05) is 12.1 Å². The van der Waals surface area contributed by atoms with Crippen LogP contribution in [0.1, 0.15) is 12.5 Å². The van der Waals surface area contributed by atoms with E-state index in [9.17, 15) is 8.42 Å². The molecule has 0 aliphatic carbocycles. The molecule has 2 unspecified atom stereocenters. The first-order valence-corrected chi connectivity index (χ1v) is 6.70. The van der Waals surface area contributed by atoms with Crippen LogP contribution in [-0.2, 0) is 16.3 Å². The van der Waals surface area contributed by atoms with Crippen LogP contribution in [0.5, 0.6) is 0 Å². The summed E-state index contributed by atoms with van der Waals surface area (Å²) in [5.74, 6) is 0. The second kappa shape index (κ2) is 4.72. The summed E-state index contributed by atoms with van der Waals surface area (Å²) in [7, 11) is -3.07. The van der Waals surface area contributed by atoms with Crippen LogP contribution < -0.4 is 5.73 Å².